The van der Waals surface area contributed by atoms with E-state index in [4.69, 9.17) is 4.52 Å². The molecule has 1 aromatic heterocycles. The van der Waals surface area contributed by atoms with Crippen LogP contribution in [0.1, 0.15) is 0 Å². The SMILES string of the molecule is c1cccccc2ccccc2o[nH]nncccc1. The van der Waals surface area contributed by atoms with E-state index < -0.39 is 0 Å². The Kier molecular flexibility index (Phi) is 5.60. The molecule has 0 unspecified atom stereocenters. The molecule has 0 aliphatic heterocycles. The van der Waals surface area contributed by atoms with E-state index in [2.05, 4.69) is 15.6 Å². The van der Waals surface area contributed by atoms with Crippen LogP contribution in [-0.2, 0) is 0 Å². The quantitative estimate of drug-likeness (QED) is 0.785. The Morgan fingerprint density at radius 1 is 0.700 bits per heavy atom. The van der Waals surface area contributed by atoms with Gasteiger partial charge in [0.25, 0.3) is 0 Å². The summed E-state index contributed by atoms with van der Waals surface area (Å²) in [7, 11) is 0. The van der Waals surface area contributed by atoms with Crippen LogP contribution in [0.15, 0.2) is 89.6 Å². The molecule has 0 saturated carbocycles. The Balaban J connectivity index is 2.57. The van der Waals surface area contributed by atoms with E-state index in [-0.39, 0.29) is 0 Å². The Bertz CT molecular complexity index is 641. The minimum atomic E-state index is 0.683. The number of fused-ring (bicyclic) bond motifs is 1. The van der Waals surface area contributed by atoms with Crippen molar-refractivity contribution >= 4 is 11.0 Å². The van der Waals surface area contributed by atoms with Crippen molar-refractivity contribution in [2.45, 2.75) is 0 Å². The third-order valence-electron chi connectivity index (χ3n) is 2.38. The Hall–Kier alpha value is -2.88. The van der Waals surface area contributed by atoms with Crippen molar-refractivity contribution in [1.82, 2.24) is 15.6 Å². The van der Waals surface area contributed by atoms with Crippen LogP contribution in [0.2, 0.25) is 0 Å². The van der Waals surface area contributed by atoms with Gasteiger partial charge in [0.2, 0.25) is 0 Å². The topological polar surface area (TPSA) is 54.7 Å². The molecule has 0 spiro atoms. The van der Waals surface area contributed by atoms with Gasteiger partial charge in [-0.2, -0.15) is 0 Å². The third kappa shape index (κ3) is 4.78. The third-order valence-corrected chi connectivity index (χ3v) is 2.38. The van der Waals surface area contributed by atoms with Crippen LogP contribution < -0.4 is 0 Å². The first-order valence-electron chi connectivity index (χ1n) is 6.21. The molecule has 0 saturated heterocycles. The zero-order chi connectivity index (χ0) is 13.9. The monoisotopic (exact) mass is 265 g/mol. The zero-order valence-corrected chi connectivity index (χ0v) is 10.9. The van der Waals surface area contributed by atoms with Crippen molar-refractivity contribution in [3.8, 4) is 0 Å². The number of aromatic nitrogens is 3. The Morgan fingerprint density at radius 3 is 2.10 bits per heavy atom. The molecule has 1 heterocycles. The van der Waals surface area contributed by atoms with Gasteiger partial charge in [-0.05, 0) is 17.3 Å². The standard InChI is InChI=1S/C16H15N3O/c1-2-4-6-10-14-17-18-19-20-16-13-9-8-12-15(16)11-7-5-3-1/h1-14H,(H,17,19). The Labute approximate surface area is 117 Å². The summed E-state index contributed by atoms with van der Waals surface area (Å²) >= 11 is 0. The number of nitrogens with zero attached hydrogens (tertiary/aromatic N) is 2. The van der Waals surface area contributed by atoms with Gasteiger partial charge in [0.15, 0.2) is 5.58 Å². The molecule has 4 nitrogen and oxygen atoms in total. The van der Waals surface area contributed by atoms with Gasteiger partial charge in [-0.15, -0.1) is 10.4 Å². The molecule has 100 valence electrons. The van der Waals surface area contributed by atoms with Crippen molar-refractivity contribution in [2.24, 2.45) is 0 Å². The molecule has 0 atom stereocenters. The number of rotatable bonds is 0. The molecule has 0 amide bonds. The first kappa shape index (κ1) is 13.5. The van der Waals surface area contributed by atoms with E-state index in [9.17, 15) is 0 Å². The number of H-pyrrole nitrogens is 1. The minimum absolute atomic E-state index is 0.683. The van der Waals surface area contributed by atoms with Gasteiger partial charge in [-0.3, -0.25) is 0 Å². The van der Waals surface area contributed by atoms with Gasteiger partial charge in [0, 0.05) is 5.39 Å². The van der Waals surface area contributed by atoms with Gasteiger partial charge in [-0.25, -0.2) is 0 Å². The lowest BCUT2D eigenvalue weighted by atomic mass is 10.2. The molecule has 0 radical (unpaired) electrons. The first-order valence-corrected chi connectivity index (χ1v) is 6.21. The van der Waals surface area contributed by atoms with Crippen LogP contribution in [0.3, 0.4) is 0 Å². The summed E-state index contributed by atoms with van der Waals surface area (Å²) in [4.78, 5) is 0. The molecule has 0 fully saturated rings. The highest BCUT2D eigenvalue weighted by molar-refractivity contribution is 5.75. The molecule has 20 heavy (non-hydrogen) atoms. The van der Waals surface area contributed by atoms with E-state index in [1.165, 1.54) is 0 Å². The maximum Gasteiger partial charge on any atom is 0.164 e. The van der Waals surface area contributed by atoms with E-state index in [1.54, 1.807) is 12.3 Å². The van der Waals surface area contributed by atoms with Crippen molar-refractivity contribution in [3.63, 3.8) is 0 Å². The largest absolute Gasteiger partial charge is 0.363 e. The first-order chi connectivity index (χ1) is 9.97. The lowest BCUT2D eigenvalue weighted by Crippen LogP contribution is -1.76. The molecule has 4 heteroatoms. The molecule has 2 rings (SSSR count). The molecular formula is C16H15N3O. The van der Waals surface area contributed by atoms with Gasteiger partial charge in [0.1, 0.15) is 0 Å². The fraction of sp³-hybridized carbons (Fsp3) is 0. The maximum atomic E-state index is 5.34. The number of nitrogens with one attached hydrogen (secondary N) is 1. The van der Waals surface area contributed by atoms with Gasteiger partial charge in [0.05, 0.1) is 6.20 Å². The number of hydrogen-bond acceptors (Lipinski definition) is 3. The summed E-state index contributed by atoms with van der Waals surface area (Å²) in [5.41, 5.74) is 0.683. The van der Waals surface area contributed by atoms with E-state index in [0.29, 0.717) is 5.58 Å². The number of benzene rings is 1. The van der Waals surface area contributed by atoms with Crippen molar-refractivity contribution < 1.29 is 4.52 Å². The molecule has 1 aromatic carbocycles. The smallest absolute Gasteiger partial charge is 0.164 e. The number of para-hydroxylation sites is 1. The maximum absolute atomic E-state index is 5.34. The number of aromatic amines is 1. The fourth-order valence-electron chi connectivity index (χ4n) is 1.47. The van der Waals surface area contributed by atoms with E-state index >= 15 is 0 Å². The lowest BCUT2D eigenvalue weighted by Gasteiger charge is -1.88. The van der Waals surface area contributed by atoms with E-state index in [1.807, 2.05) is 72.8 Å². The van der Waals surface area contributed by atoms with E-state index in [0.717, 1.165) is 5.39 Å². The zero-order valence-electron chi connectivity index (χ0n) is 10.9. The van der Waals surface area contributed by atoms with Crippen molar-refractivity contribution in [1.29, 1.82) is 0 Å². The molecule has 2 aromatic rings. The molecule has 0 aliphatic rings. The van der Waals surface area contributed by atoms with Crippen LogP contribution in [-0.4, -0.2) is 15.6 Å². The van der Waals surface area contributed by atoms with Crippen LogP contribution in [0.25, 0.3) is 11.0 Å². The summed E-state index contributed by atoms with van der Waals surface area (Å²) in [6.45, 7) is 0. The average Bonchev–Trinajstić information content (AvgIpc) is 2.47. The molecule has 0 bridgehead atoms. The predicted octanol–water partition coefficient (Wildman–Crippen LogP) is 3.92. The fourth-order valence-corrected chi connectivity index (χ4v) is 1.47. The average molecular weight is 265 g/mol. The molecule has 0 aliphatic carbocycles. The van der Waals surface area contributed by atoms with Gasteiger partial charge >= 0.3 is 0 Å². The Morgan fingerprint density at radius 2 is 1.30 bits per heavy atom. The lowest BCUT2D eigenvalue weighted by molar-refractivity contribution is 0.390. The second-order valence-electron chi connectivity index (χ2n) is 3.80. The highest BCUT2D eigenvalue weighted by Gasteiger charge is 1.86. The second kappa shape index (κ2) is 8.26. The van der Waals surface area contributed by atoms with Crippen molar-refractivity contribution in [2.75, 3.05) is 0 Å². The minimum Gasteiger partial charge on any atom is -0.363 e. The number of hydrogen-bond donors (Lipinski definition) is 1. The second-order valence-corrected chi connectivity index (χ2v) is 3.80. The van der Waals surface area contributed by atoms with Gasteiger partial charge < -0.3 is 4.52 Å². The summed E-state index contributed by atoms with van der Waals surface area (Å²) in [5.74, 6) is 0. The van der Waals surface area contributed by atoms with Gasteiger partial charge in [-0.1, -0.05) is 66.7 Å². The summed E-state index contributed by atoms with van der Waals surface area (Å²) in [6.07, 6.45) is 1.56. The molecular weight excluding hydrogens is 250 g/mol. The summed E-state index contributed by atoms with van der Waals surface area (Å²) < 4.78 is 5.34. The van der Waals surface area contributed by atoms with Crippen LogP contribution in [0, 0.1) is 0 Å². The normalized spacial score (nSPS) is 9.00. The van der Waals surface area contributed by atoms with Crippen LogP contribution >= 0.6 is 0 Å². The summed E-state index contributed by atoms with van der Waals surface area (Å²) in [6, 6.07) is 24.9. The summed E-state index contributed by atoms with van der Waals surface area (Å²) in [5, 5.41) is 10.8. The predicted molar refractivity (Wildman–Crippen MR) is 79.0 cm³/mol. The highest BCUT2D eigenvalue weighted by atomic mass is 16.5. The van der Waals surface area contributed by atoms with Crippen LogP contribution in [0.4, 0.5) is 0 Å². The van der Waals surface area contributed by atoms with Crippen LogP contribution in [0.5, 0.6) is 0 Å². The molecule has 1 N–H and O–H groups in total. The highest BCUT2D eigenvalue weighted by Crippen LogP contribution is 2.07. The van der Waals surface area contributed by atoms with Crippen molar-refractivity contribution in [3.05, 3.63) is 85.1 Å².